The lowest BCUT2D eigenvalue weighted by Gasteiger charge is -2.45. The van der Waals surface area contributed by atoms with E-state index in [0.717, 1.165) is 32.1 Å². The standard InChI is InChI=1S/C30H35NO4/c1-2-3-4-12-19-35-24(32)17-6-5-11-18-31-29(33)27-25-20-13-7-8-14-21(20)26(28(27)30(31)34)23-16-10-9-15-22(23)25/h7-10,13-16,25-28H,2-6,11-12,17-19H2,1H3/t25?,26?,27-,28-/m0/s1. The van der Waals surface area contributed by atoms with Crippen LogP contribution in [0, 0.1) is 11.8 Å². The lowest BCUT2D eigenvalue weighted by atomic mass is 9.55. The molecule has 2 bridgehead atoms. The first-order valence-electron chi connectivity index (χ1n) is 13.3. The Morgan fingerprint density at radius 2 is 1.26 bits per heavy atom. The van der Waals surface area contributed by atoms with Crippen molar-refractivity contribution in [3.05, 3.63) is 70.8 Å². The Hall–Kier alpha value is -2.95. The number of carbonyl (C=O) groups is 3. The average Bonchev–Trinajstić information content (AvgIpc) is 3.13. The molecule has 2 aromatic rings. The third kappa shape index (κ3) is 4.30. The minimum absolute atomic E-state index is 0.0227. The Bertz CT molecular complexity index is 994. The first kappa shape index (κ1) is 23.8. The molecule has 1 aliphatic heterocycles. The molecule has 5 heteroatoms. The number of hydrogen-bond donors (Lipinski definition) is 0. The number of nitrogens with zero attached hydrogens (tertiary/aromatic N) is 1. The van der Waals surface area contributed by atoms with Crippen molar-refractivity contribution in [2.24, 2.45) is 11.8 Å². The summed E-state index contributed by atoms with van der Waals surface area (Å²) in [4.78, 5) is 40.5. The summed E-state index contributed by atoms with van der Waals surface area (Å²) in [7, 11) is 0. The number of amides is 2. The Morgan fingerprint density at radius 1 is 0.743 bits per heavy atom. The van der Waals surface area contributed by atoms with Gasteiger partial charge in [-0.1, -0.05) is 81.1 Å². The van der Waals surface area contributed by atoms with Crippen molar-refractivity contribution in [1.82, 2.24) is 4.90 Å². The molecule has 0 unspecified atom stereocenters. The minimum Gasteiger partial charge on any atom is -0.466 e. The highest BCUT2D eigenvalue weighted by molar-refractivity contribution is 6.07. The zero-order valence-electron chi connectivity index (χ0n) is 20.6. The van der Waals surface area contributed by atoms with Crippen LogP contribution in [-0.2, 0) is 19.1 Å². The maximum atomic E-state index is 13.6. The van der Waals surface area contributed by atoms with Gasteiger partial charge in [-0.3, -0.25) is 19.3 Å². The zero-order valence-corrected chi connectivity index (χ0v) is 20.6. The summed E-state index contributed by atoms with van der Waals surface area (Å²) >= 11 is 0. The van der Waals surface area contributed by atoms with E-state index in [1.807, 2.05) is 24.3 Å². The Labute approximate surface area is 207 Å². The topological polar surface area (TPSA) is 63.7 Å². The first-order valence-corrected chi connectivity index (χ1v) is 13.3. The van der Waals surface area contributed by atoms with Crippen LogP contribution in [0.5, 0.6) is 0 Å². The molecule has 2 aromatic carbocycles. The molecule has 184 valence electrons. The monoisotopic (exact) mass is 473 g/mol. The van der Waals surface area contributed by atoms with Crippen molar-refractivity contribution in [1.29, 1.82) is 0 Å². The molecule has 0 aromatic heterocycles. The molecular formula is C30H35NO4. The Morgan fingerprint density at radius 3 is 1.77 bits per heavy atom. The van der Waals surface area contributed by atoms with Gasteiger partial charge < -0.3 is 4.74 Å². The van der Waals surface area contributed by atoms with Crippen molar-refractivity contribution < 1.29 is 19.1 Å². The highest BCUT2D eigenvalue weighted by atomic mass is 16.5. The van der Waals surface area contributed by atoms with Gasteiger partial charge in [0, 0.05) is 24.8 Å². The predicted molar refractivity (Wildman–Crippen MR) is 134 cm³/mol. The maximum absolute atomic E-state index is 13.6. The fourth-order valence-electron chi connectivity index (χ4n) is 6.46. The second-order valence-corrected chi connectivity index (χ2v) is 10.2. The van der Waals surface area contributed by atoms with E-state index in [9.17, 15) is 14.4 Å². The van der Waals surface area contributed by atoms with Crippen LogP contribution in [0.1, 0.15) is 92.4 Å². The van der Waals surface area contributed by atoms with Crippen LogP contribution in [0.2, 0.25) is 0 Å². The average molecular weight is 474 g/mol. The molecule has 2 atom stereocenters. The van der Waals surface area contributed by atoms with Gasteiger partial charge in [0.1, 0.15) is 0 Å². The van der Waals surface area contributed by atoms with Crippen molar-refractivity contribution in [2.45, 2.75) is 70.1 Å². The largest absolute Gasteiger partial charge is 0.466 e. The third-order valence-electron chi connectivity index (χ3n) is 8.06. The number of likely N-dealkylation sites (tertiary alicyclic amines) is 1. The maximum Gasteiger partial charge on any atom is 0.305 e. The molecule has 35 heavy (non-hydrogen) atoms. The van der Waals surface area contributed by atoms with Gasteiger partial charge in [-0.05, 0) is 41.5 Å². The van der Waals surface area contributed by atoms with E-state index in [2.05, 4.69) is 31.2 Å². The van der Waals surface area contributed by atoms with Crippen LogP contribution in [0.25, 0.3) is 0 Å². The highest BCUT2D eigenvalue weighted by Crippen LogP contribution is 2.60. The van der Waals surface area contributed by atoms with Gasteiger partial charge in [-0.2, -0.15) is 0 Å². The molecule has 0 spiro atoms. The number of unbranched alkanes of at least 4 members (excludes halogenated alkanes) is 5. The number of imide groups is 1. The van der Waals surface area contributed by atoms with Gasteiger partial charge in [0.05, 0.1) is 18.4 Å². The number of hydrogen-bond acceptors (Lipinski definition) is 4. The van der Waals surface area contributed by atoms with Gasteiger partial charge >= 0.3 is 5.97 Å². The van der Waals surface area contributed by atoms with Crippen molar-refractivity contribution in [2.75, 3.05) is 13.2 Å². The van der Waals surface area contributed by atoms with Gasteiger partial charge in [-0.15, -0.1) is 0 Å². The molecule has 4 aliphatic rings. The number of carbonyl (C=O) groups excluding carboxylic acids is 3. The SMILES string of the molecule is CCCCCCOC(=O)CCCCCN1C(=O)[C@H]2C3c4ccccc4C(c4ccccc43)[C@@H]2C1=O. The van der Waals surface area contributed by atoms with Gasteiger partial charge in [0.25, 0.3) is 0 Å². The summed E-state index contributed by atoms with van der Waals surface area (Å²) in [5, 5.41) is 0. The lowest BCUT2D eigenvalue weighted by Crippen LogP contribution is -2.41. The quantitative estimate of drug-likeness (QED) is 0.243. The number of ether oxygens (including phenoxy) is 1. The van der Waals surface area contributed by atoms with E-state index in [1.165, 1.54) is 40.0 Å². The van der Waals surface area contributed by atoms with Crippen LogP contribution < -0.4 is 0 Å². The van der Waals surface area contributed by atoms with Crippen LogP contribution in [-0.4, -0.2) is 35.8 Å². The van der Waals surface area contributed by atoms with E-state index in [-0.39, 0.29) is 41.5 Å². The van der Waals surface area contributed by atoms with E-state index < -0.39 is 0 Å². The van der Waals surface area contributed by atoms with Crippen LogP contribution in [0.4, 0.5) is 0 Å². The molecule has 2 amide bonds. The summed E-state index contributed by atoms with van der Waals surface area (Å²) in [5.41, 5.74) is 4.81. The van der Waals surface area contributed by atoms with Gasteiger partial charge in [0.2, 0.25) is 11.8 Å². The summed E-state index contributed by atoms with van der Waals surface area (Å²) in [6.45, 7) is 3.10. The number of benzene rings is 2. The van der Waals surface area contributed by atoms with E-state index in [4.69, 9.17) is 4.74 Å². The van der Waals surface area contributed by atoms with Gasteiger partial charge in [0.15, 0.2) is 0 Å². The highest BCUT2D eigenvalue weighted by Gasteiger charge is 2.61. The Balaban J connectivity index is 1.19. The van der Waals surface area contributed by atoms with Gasteiger partial charge in [-0.25, -0.2) is 0 Å². The first-order chi connectivity index (χ1) is 17.1. The molecule has 0 N–H and O–H groups in total. The Kier molecular flexibility index (Phi) is 7.03. The summed E-state index contributed by atoms with van der Waals surface area (Å²) in [6.07, 6.45) is 7.00. The molecule has 0 radical (unpaired) electrons. The van der Waals surface area contributed by atoms with Crippen molar-refractivity contribution in [3.63, 3.8) is 0 Å². The fourth-order valence-corrected chi connectivity index (χ4v) is 6.46. The molecule has 0 saturated carbocycles. The van der Waals surface area contributed by atoms with E-state index in [1.54, 1.807) is 0 Å². The molecule has 1 heterocycles. The van der Waals surface area contributed by atoms with Crippen LogP contribution in [0.3, 0.4) is 0 Å². The second kappa shape index (κ2) is 10.3. The van der Waals surface area contributed by atoms with Crippen molar-refractivity contribution in [3.8, 4) is 0 Å². The van der Waals surface area contributed by atoms with E-state index >= 15 is 0 Å². The zero-order chi connectivity index (χ0) is 24.4. The molecule has 3 aliphatic carbocycles. The third-order valence-corrected chi connectivity index (χ3v) is 8.06. The summed E-state index contributed by atoms with van der Waals surface area (Å²) in [5.74, 6) is -0.902. The van der Waals surface area contributed by atoms with E-state index in [0.29, 0.717) is 19.6 Å². The molecule has 1 fully saturated rings. The minimum atomic E-state index is -0.306. The normalized spacial score (nSPS) is 23.7. The van der Waals surface area contributed by atoms with Crippen LogP contribution in [0.15, 0.2) is 48.5 Å². The lowest BCUT2D eigenvalue weighted by molar-refractivity contribution is -0.144. The second-order valence-electron chi connectivity index (χ2n) is 10.2. The summed E-state index contributed by atoms with van der Waals surface area (Å²) in [6, 6.07) is 16.6. The molecule has 6 rings (SSSR count). The smallest absolute Gasteiger partial charge is 0.305 e. The molecule has 5 nitrogen and oxygen atoms in total. The van der Waals surface area contributed by atoms with Crippen LogP contribution >= 0.6 is 0 Å². The predicted octanol–water partition coefficient (Wildman–Crippen LogP) is 5.56. The summed E-state index contributed by atoms with van der Waals surface area (Å²) < 4.78 is 5.30. The molecular weight excluding hydrogens is 438 g/mol. The number of rotatable bonds is 11. The molecule has 1 saturated heterocycles. The fraction of sp³-hybridized carbons (Fsp3) is 0.500. The number of esters is 1. The van der Waals surface area contributed by atoms with Crippen molar-refractivity contribution >= 4 is 17.8 Å².